The maximum Gasteiger partial charge on any atom is 0.303 e. The maximum atomic E-state index is 11.8. The Hall–Kier alpha value is -2.79. The van der Waals surface area contributed by atoms with Crippen molar-refractivity contribution in [1.82, 2.24) is 0 Å². The summed E-state index contributed by atoms with van der Waals surface area (Å²) < 4.78 is 27.1. The van der Waals surface area contributed by atoms with Crippen molar-refractivity contribution in [3.63, 3.8) is 0 Å². The van der Waals surface area contributed by atoms with Crippen LogP contribution in [0, 0.1) is 0 Å². The summed E-state index contributed by atoms with van der Waals surface area (Å²) in [4.78, 5) is 47.2. The van der Waals surface area contributed by atoms with Gasteiger partial charge in [0.15, 0.2) is 18.3 Å². The van der Waals surface area contributed by atoms with Crippen molar-refractivity contribution in [2.45, 2.75) is 62.4 Å². The van der Waals surface area contributed by atoms with Crippen LogP contribution >= 0.6 is 11.8 Å². The molecule has 1 aliphatic heterocycles. The minimum atomic E-state index is -1.23. The molecule has 1 aromatic rings. The number of thioether (sulfide) groups is 1. The van der Waals surface area contributed by atoms with Crippen molar-refractivity contribution in [3.8, 4) is 5.75 Å². The summed E-state index contributed by atoms with van der Waals surface area (Å²) in [6.07, 6.45) is -4.61. The second-order valence-corrected chi connectivity index (χ2v) is 7.85. The largest absolute Gasteiger partial charge is 0.508 e. The molecular formula is C20H24O10S. The molecule has 170 valence electrons. The van der Waals surface area contributed by atoms with E-state index in [1.165, 1.54) is 26.0 Å². The number of hydrogen-bond acceptors (Lipinski definition) is 11. The Morgan fingerprint density at radius 3 is 2.03 bits per heavy atom. The van der Waals surface area contributed by atoms with Gasteiger partial charge in [-0.25, -0.2) is 0 Å². The Morgan fingerprint density at radius 1 is 0.903 bits per heavy atom. The summed E-state index contributed by atoms with van der Waals surface area (Å²) in [6, 6.07) is 6.26. The van der Waals surface area contributed by atoms with Crippen LogP contribution in [0.2, 0.25) is 0 Å². The maximum absolute atomic E-state index is 11.8. The Bertz CT molecular complexity index is 826. The van der Waals surface area contributed by atoms with Crippen LogP contribution in [0.4, 0.5) is 0 Å². The van der Waals surface area contributed by atoms with Crippen molar-refractivity contribution >= 4 is 35.6 Å². The van der Waals surface area contributed by atoms with Crippen LogP contribution in [0.25, 0.3) is 0 Å². The first-order chi connectivity index (χ1) is 14.6. The van der Waals surface area contributed by atoms with Crippen molar-refractivity contribution in [2.24, 2.45) is 0 Å². The van der Waals surface area contributed by atoms with E-state index in [-0.39, 0.29) is 12.4 Å². The van der Waals surface area contributed by atoms with Crippen molar-refractivity contribution < 1.29 is 48.0 Å². The van der Waals surface area contributed by atoms with E-state index in [0.29, 0.717) is 4.90 Å². The van der Waals surface area contributed by atoms with Gasteiger partial charge in [-0.15, -0.1) is 0 Å². The number of phenolic OH excluding ortho intramolecular Hbond substituents is 1. The second-order valence-electron chi connectivity index (χ2n) is 6.68. The first-order valence-electron chi connectivity index (χ1n) is 9.33. The van der Waals surface area contributed by atoms with Gasteiger partial charge in [0.05, 0.1) is 0 Å². The molecule has 0 bridgehead atoms. The topological polar surface area (TPSA) is 135 Å². The van der Waals surface area contributed by atoms with Crippen molar-refractivity contribution in [3.05, 3.63) is 24.3 Å². The second kappa shape index (κ2) is 11.0. The van der Waals surface area contributed by atoms with Crippen LogP contribution in [0.5, 0.6) is 5.75 Å². The third-order valence-corrected chi connectivity index (χ3v) is 5.16. The summed E-state index contributed by atoms with van der Waals surface area (Å²) in [6.45, 7) is 4.39. The molecule has 2 rings (SSSR count). The van der Waals surface area contributed by atoms with Crippen molar-refractivity contribution in [1.29, 1.82) is 0 Å². The van der Waals surface area contributed by atoms with Gasteiger partial charge in [0.2, 0.25) is 0 Å². The van der Waals surface area contributed by atoms with Gasteiger partial charge in [-0.1, -0.05) is 17.8 Å². The third-order valence-electron chi connectivity index (χ3n) is 4.02. The predicted octanol–water partition coefficient (Wildman–Crippen LogP) is 1.57. The van der Waals surface area contributed by atoms with Gasteiger partial charge in [0.25, 0.3) is 0 Å². The number of carbonyl (C=O) groups is 4. The highest BCUT2D eigenvalue weighted by Gasteiger charge is 2.52. The number of hydrogen-bond donors (Lipinski definition) is 1. The van der Waals surface area contributed by atoms with Gasteiger partial charge in [0, 0.05) is 32.6 Å². The van der Waals surface area contributed by atoms with Crippen molar-refractivity contribution in [2.75, 3.05) is 6.61 Å². The first kappa shape index (κ1) is 24.5. The lowest BCUT2D eigenvalue weighted by Crippen LogP contribution is -2.61. The van der Waals surface area contributed by atoms with E-state index in [4.69, 9.17) is 23.7 Å². The standard InChI is InChI=1S/C20H24O10S/c1-10(21)26-9-16-17(27-11(2)22)18(28-12(3)23)19(29-13(4)24)20(30-16)31-15-7-5-6-14(25)8-15/h5-8,16-20,25H,9H2,1-4H3/t16-,17-,18+,19-,20+/m1/s1. The fourth-order valence-corrected chi connectivity index (χ4v) is 4.13. The minimum Gasteiger partial charge on any atom is -0.508 e. The Kier molecular flexibility index (Phi) is 8.69. The molecule has 0 radical (unpaired) electrons. The molecule has 1 aromatic carbocycles. The molecule has 0 saturated carbocycles. The quantitative estimate of drug-likeness (QED) is 0.473. The summed E-state index contributed by atoms with van der Waals surface area (Å²) in [5, 5.41) is 9.74. The van der Waals surface area contributed by atoms with Gasteiger partial charge in [-0.2, -0.15) is 0 Å². The first-order valence-corrected chi connectivity index (χ1v) is 10.2. The molecule has 1 fully saturated rings. The molecule has 1 heterocycles. The number of ether oxygens (including phenoxy) is 5. The predicted molar refractivity (Wildman–Crippen MR) is 106 cm³/mol. The molecular weight excluding hydrogens is 432 g/mol. The molecule has 10 nitrogen and oxygen atoms in total. The molecule has 1 N–H and O–H groups in total. The van der Waals surface area contributed by atoms with E-state index in [9.17, 15) is 24.3 Å². The zero-order valence-electron chi connectivity index (χ0n) is 17.4. The van der Waals surface area contributed by atoms with E-state index < -0.39 is 53.7 Å². The van der Waals surface area contributed by atoms with Crippen LogP contribution < -0.4 is 0 Å². The molecule has 0 amide bonds. The van der Waals surface area contributed by atoms with E-state index in [1.54, 1.807) is 12.1 Å². The fraction of sp³-hybridized carbons (Fsp3) is 0.500. The van der Waals surface area contributed by atoms with Crippen LogP contribution in [0.1, 0.15) is 27.7 Å². The Labute approximate surface area is 183 Å². The number of benzene rings is 1. The van der Waals surface area contributed by atoms with E-state index >= 15 is 0 Å². The van der Waals surface area contributed by atoms with Crippen LogP contribution in [-0.2, 0) is 42.9 Å². The molecule has 31 heavy (non-hydrogen) atoms. The zero-order chi connectivity index (χ0) is 23.1. The summed E-state index contributed by atoms with van der Waals surface area (Å²) >= 11 is 1.09. The van der Waals surface area contributed by atoms with Gasteiger partial charge >= 0.3 is 23.9 Å². The highest BCUT2D eigenvalue weighted by molar-refractivity contribution is 7.99. The minimum absolute atomic E-state index is 0.00985. The summed E-state index contributed by atoms with van der Waals surface area (Å²) in [5.74, 6) is -2.65. The number of aromatic hydroxyl groups is 1. The van der Waals surface area contributed by atoms with Gasteiger partial charge in [0.1, 0.15) is 23.9 Å². The number of esters is 4. The Balaban J connectivity index is 2.44. The lowest BCUT2D eigenvalue weighted by molar-refractivity contribution is -0.237. The highest BCUT2D eigenvalue weighted by atomic mass is 32.2. The number of phenols is 1. The van der Waals surface area contributed by atoms with Gasteiger partial charge in [-0.3, -0.25) is 19.2 Å². The Morgan fingerprint density at radius 2 is 1.48 bits per heavy atom. The van der Waals surface area contributed by atoms with Crippen LogP contribution in [-0.4, -0.2) is 65.4 Å². The SMILES string of the molecule is CC(=O)OC[C@H]1O[C@@H](Sc2cccc(O)c2)[C@H](OC(C)=O)[C@@H](OC(C)=O)[C@@H]1OC(C)=O. The summed E-state index contributed by atoms with van der Waals surface area (Å²) in [5.41, 5.74) is -0.942. The average molecular weight is 456 g/mol. The fourth-order valence-electron chi connectivity index (χ4n) is 2.97. The molecule has 0 spiro atoms. The van der Waals surface area contributed by atoms with E-state index in [1.807, 2.05) is 0 Å². The molecule has 0 aromatic heterocycles. The molecule has 1 saturated heterocycles. The van der Waals surface area contributed by atoms with Gasteiger partial charge < -0.3 is 28.8 Å². The van der Waals surface area contributed by atoms with E-state index in [2.05, 4.69) is 0 Å². The van der Waals surface area contributed by atoms with Gasteiger partial charge in [-0.05, 0) is 18.2 Å². The third kappa shape index (κ3) is 7.44. The smallest absolute Gasteiger partial charge is 0.303 e. The molecule has 0 aliphatic carbocycles. The van der Waals surface area contributed by atoms with Crippen LogP contribution in [0.3, 0.4) is 0 Å². The zero-order valence-corrected chi connectivity index (χ0v) is 18.2. The average Bonchev–Trinajstić information content (AvgIpc) is 2.64. The highest BCUT2D eigenvalue weighted by Crippen LogP contribution is 2.38. The summed E-state index contributed by atoms with van der Waals surface area (Å²) in [7, 11) is 0. The van der Waals surface area contributed by atoms with E-state index in [0.717, 1.165) is 25.6 Å². The normalized spacial score (nSPS) is 25.2. The van der Waals surface area contributed by atoms with Crippen LogP contribution in [0.15, 0.2) is 29.2 Å². The molecule has 5 atom stereocenters. The lowest BCUT2D eigenvalue weighted by atomic mass is 9.99. The molecule has 0 unspecified atom stereocenters. The number of carbonyl (C=O) groups excluding carboxylic acids is 4. The molecule has 1 aliphatic rings. The molecule has 11 heteroatoms. The monoisotopic (exact) mass is 456 g/mol. The number of rotatable bonds is 7. The lowest BCUT2D eigenvalue weighted by Gasteiger charge is -2.44.